The molecule has 78 valence electrons. The predicted octanol–water partition coefficient (Wildman–Crippen LogP) is 2.72. The number of rotatable bonds is 1. The first-order chi connectivity index (χ1) is 7.08. The van der Waals surface area contributed by atoms with Gasteiger partial charge in [0.25, 0.3) is 0 Å². The fourth-order valence-corrected chi connectivity index (χ4v) is 1.74. The van der Waals surface area contributed by atoms with Crippen LogP contribution in [0.3, 0.4) is 0 Å². The molecule has 2 aromatic rings. The lowest BCUT2D eigenvalue weighted by atomic mass is 10.2. The largest absolute Gasteiger partial charge is 0.397 e. The number of benzene rings is 1. The summed E-state index contributed by atoms with van der Waals surface area (Å²) in [5.41, 5.74) is 9.39. The van der Waals surface area contributed by atoms with Crippen LogP contribution < -0.4 is 5.73 Å². The summed E-state index contributed by atoms with van der Waals surface area (Å²) in [6.45, 7) is 3.94. The molecule has 0 saturated heterocycles. The molecule has 0 atom stereocenters. The van der Waals surface area contributed by atoms with Crippen molar-refractivity contribution in [3.8, 4) is 5.69 Å². The quantitative estimate of drug-likeness (QED) is 0.753. The standard InChI is InChI=1S/C11H12ClN3/c1-7-5-8(2)15(14-7)11-6-9(12)3-4-10(11)13/h3-6H,13H2,1-2H3. The van der Waals surface area contributed by atoms with Crippen LogP contribution in [0.4, 0.5) is 5.69 Å². The predicted molar refractivity (Wildman–Crippen MR) is 62.5 cm³/mol. The Morgan fingerprint density at radius 1 is 1.27 bits per heavy atom. The van der Waals surface area contributed by atoms with Crippen LogP contribution in [0.15, 0.2) is 24.3 Å². The number of nitrogen functional groups attached to an aromatic ring is 1. The highest BCUT2D eigenvalue weighted by Crippen LogP contribution is 2.22. The first-order valence-electron chi connectivity index (χ1n) is 4.66. The van der Waals surface area contributed by atoms with Crippen LogP contribution >= 0.6 is 11.6 Å². The number of nitrogens with zero attached hydrogens (tertiary/aromatic N) is 2. The van der Waals surface area contributed by atoms with E-state index >= 15 is 0 Å². The zero-order valence-corrected chi connectivity index (χ0v) is 9.42. The molecule has 0 aliphatic rings. The zero-order valence-electron chi connectivity index (χ0n) is 8.66. The molecule has 1 heterocycles. The Morgan fingerprint density at radius 2 is 2.00 bits per heavy atom. The van der Waals surface area contributed by atoms with Crippen molar-refractivity contribution >= 4 is 17.3 Å². The molecule has 2 rings (SSSR count). The van der Waals surface area contributed by atoms with E-state index in [0.717, 1.165) is 17.1 Å². The lowest BCUT2D eigenvalue weighted by molar-refractivity contribution is 0.836. The number of hydrogen-bond donors (Lipinski definition) is 1. The second-order valence-corrected chi connectivity index (χ2v) is 3.98. The summed E-state index contributed by atoms with van der Waals surface area (Å²) in [7, 11) is 0. The Kier molecular flexibility index (Phi) is 2.40. The van der Waals surface area contributed by atoms with Gasteiger partial charge in [-0.2, -0.15) is 5.10 Å². The minimum atomic E-state index is 0.659. The van der Waals surface area contributed by atoms with Gasteiger partial charge in [-0.25, -0.2) is 4.68 Å². The van der Waals surface area contributed by atoms with E-state index in [1.54, 1.807) is 16.8 Å². The van der Waals surface area contributed by atoms with Crippen molar-refractivity contribution in [1.29, 1.82) is 0 Å². The molecule has 0 spiro atoms. The molecule has 0 saturated carbocycles. The highest BCUT2D eigenvalue weighted by Gasteiger charge is 2.07. The summed E-state index contributed by atoms with van der Waals surface area (Å²) in [6, 6.07) is 7.37. The molecule has 4 heteroatoms. The highest BCUT2D eigenvalue weighted by atomic mass is 35.5. The summed E-state index contributed by atoms with van der Waals surface area (Å²) < 4.78 is 1.80. The van der Waals surface area contributed by atoms with E-state index in [4.69, 9.17) is 17.3 Å². The second-order valence-electron chi connectivity index (χ2n) is 3.54. The summed E-state index contributed by atoms with van der Waals surface area (Å²) in [5, 5.41) is 5.02. The maximum Gasteiger partial charge on any atom is 0.0892 e. The van der Waals surface area contributed by atoms with E-state index in [-0.39, 0.29) is 0 Å². The van der Waals surface area contributed by atoms with E-state index in [1.807, 2.05) is 26.0 Å². The topological polar surface area (TPSA) is 43.8 Å². The maximum absolute atomic E-state index is 5.93. The first-order valence-corrected chi connectivity index (χ1v) is 5.04. The SMILES string of the molecule is Cc1cc(C)n(-c2cc(Cl)ccc2N)n1. The van der Waals surface area contributed by atoms with Crippen molar-refractivity contribution in [2.75, 3.05) is 5.73 Å². The third-order valence-corrected chi connectivity index (χ3v) is 2.47. The summed E-state index contributed by atoms with van der Waals surface area (Å²) in [4.78, 5) is 0. The lowest BCUT2D eigenvalue weighted by Gasteiger charge is -2.07. The Balaban J connectivity index is 2.62. The molecule has 0 fully saturated rings. The number of aromatic nitrogens is 2. The van der Waals surface area contributed by atoms with Crippen molar-refractivity contribution in [3.63, 3.8) is 0 Å². The van der Waals surface area contributed by atoms with Crippen molar-refractivity contribution in [3.05, 3.63) is 40.7 Å². The fourth-order valence-electron chi connectivity index (χ4n) is 1.57. The summed E-state index contributed by atoms with van der Waals surface area (Å²) in [6.07, 6.45) is 0. The molecule has 1 aromatic heterocycles. The van der Waals surface area contributed by atoms with Crippen molar-refractivity contribution in [1.82, 2.24) is 9.78 Å². The summed E-state index contributed by atoms with van der Waals surface area (Å²) in [5.74, 6) is 0. The van der Waals surface area contributed by atoms with Gasteiger partial charge in [0.2, 0.25) is 0 Å². The highest BCUT2D eigenvalue weighted by molar-refractivity contribution is 6.30. The fraction of sp³-hybridized carbons (Fsp3) is 0.182. The number of aryl methyl sites for hydroxylation is 2. The van der Waals surface area contributed by atoms with Crippen LogP contribution in [0.25, 0.3) is 5.69 Å². The second kappa shape index (κ2) is 3.59. The molecule has 0 bridgehead atoms. The number of halogens is 1. The van der Waals surface area contributed by atoms with Gasteiger partial charge in [0.05, 0.1) is 17.1 Å². The Morgan fingerprint density at radius 3 is 2.60 bits per heavy atom. The van der Waals surface area contributed by atoms with Crippen molar-refractivity contribution < 1.29 is 0 Å². The van der Waals surface area contributed by atoms with Crippen molar-refractivity contribution in [2.24, 2.45) is 0 Å². The third-order valence-electron chi connectivity index (χ3n) is 2.23. The van der Waals surface area contributed by atoms with Crippen LogP contribution in [-0.2, 0) is 0 Å². The Hall–Kier alpha value is -1.48. The van der Waals surface area contributed by atoms with Crippen LogP contribution in [0.5, 0.6) is 0 Å². The molecule has 0 aliphatic carbocycles. The smallest absolute Gasteiger partial charge is 0.0892 e. The minimum Gasteiger partial charge on any atom is -0.397 e. The van der Waals surface area contributed by atoms with Crippen LogP contribution in [0, 0.1) is 13.8 Å². The maximum atomic E-state index is 5.93. The third kappa shape index (κ3) is 1.83. The van der Waals surface area contributed by atoms with E-state index in [9.17, 15) is 0 Å². The van der Waals surface area contributed by atoms with Gasteiger partial charge in [-0.3, -0.25) is 0 Å². The molecular formula is C11H12ClN3. The molecule has 0 unspecified atom stereocenters. The Labute approximate surface area is 93.5 Å². The van der Waals surface area contributed by atoms with Gasteiger partial charge in [-0.05, 0) is 38.1 Å². The monoisotopic (exact) mass is 221 g/mol. The number of anilines is 1. The lowest BCUT2D eigenvalue weighted by Crippen LogP contribution is -2.03. The molecule has 0 aliphatic heterocycles. The molecule has 1 aromatic carbocycles. The first kappa shape index (κ1) is 10.1. The molecular weight excluding hydrogens is 210 g/mol. The van der Waals surface area contributed by atoms with Gasteiger partial charge in [-0.1, -0.05) is 11.6 Å². The van der Waals surface area contributed by atoms with Crippen LogP contribution in [0.1, 0.15) is 11.4 Å². The zero-order chi connectivity index (χ0) is 11.0. The van der Waals surface area contributed by atoms with Crippen LogP contribution in [-0.4, -0.2) is 9.78 Å². The van der Waals surface area contributed by atoms with Gasteiger partial charge in [0, 0.05) is 10.7 Å². The number of nitrogens with two attached hydrogens (primary N) is 1. The minimum absolute atomic E-state index is 0.659. The molecule has 2 N–H and O–H groups in total. The van der Waals surface area contributed by atoms with Gasteiger partial charge in [0.1, 0.15) is 0 Å². The average Bonchev–Trinajstić information content (AvgIpc) is 2.50. The van der Waals surface area contributed by atoms with E-state index in [0.29, 0.717) is 10.7 Å². The molecule has 3 nitrogen and oxygen atoms in total. The normalized spacial score (nSPS) is 10.6. The molecule has 15 heavy (non-hydrogen) atoms. The van der Waals surface area contributed by atoms with E-state index in [2.05, 4.69) is 5.10 Å². The number of hydrogen-bond acceptors (Lipinski definition) is 2. The van der Waals surface area contributed by atoms with Gasteiger partial charge < -0.3 is 5.73 Å². The molecule has 0 amide bonds. The summed E-state index contributed by atoms with van der Waals surface area (Å²) >= 11 is 5.93. The van der Waals surface area contributed by atoms with E-state index < -0.39 is 0 Å². The Bertz CT molecular complexity index is 503. The van der Waals surface area contributed by atoms with Gasteiger partial charge >= 0.3 is 0 Å². The van der Waals surface area contributed by atoms with Crippen LogP contribution in [0.2, 0.25) is 5.02 Å². The van der Waals surface area contributed by atoms with E-state index in [1.165, 1.54) is 0 Å². The average molecular weight is 222 g/mol. The van der Waals surface area contributed by atoms with Crippen molar-refractivity contribution in [2.45, 2.75) is 13.8 Å². The van der Waals surface area contributed by atoms with Gasteiger partial charge in [0.15, 0.2) is 0 Å². The van der Waals surface area contributed by atoms with Gasteiger partial charge in [-0.15, -0.1) is 0 Å². The molecule has 0 radical (unpaired) electrons.